The molecule has 1 N–H and O–H groups in total. The predicted molar refractivity (Wildman–Crippen MR) is 173 cm³/mol. The monoisotopic (exact) mass is 613 g/mol. The topological polar surface area (TPSA) is 96.0 Å². The third kappa shape index (κ3) is 8.26. The van der Waals surface area contributed by atoms with E-state index in [1.807, 2.05) is 75.4 Å². The summed E-state index contributed by atoms with van der Waals surface area (Å²) in [6, 6.07) is 29.1. The summed E-state index contributed by atoms with van der Waals surface area (Å²) in [5.74, 6) is 0.343. The summed E-state index contributed by atoms with van der Waals surface area (Å²) in [4.78, 5) is 28.6. The van der Waals surface area contributed by atoms with Crippen LogP contribution in [0.3, 0.4) is 0 Å². The molecule has 1 atom stereocenters. The van der Waals surface area contributed by atoms with Gasteiger partial charge in [-0.15, -0.1) is 0 Å². The molecule has 0 spiro atoms. The van der Waals surface area contributed by atoms with E-state index in [1.54, 1.807) is 43.3 Å². The van der Waals surface area contributed by atoms with Crippen LogP contribution in [-0.4, -0.2) is 44.3 Å². The van der Waals surface area contributed by atoms with E-state index in [0.29, 0.717) is 18.0 Å². The number of nitrogens with zero attached hydrogens (tertiary/aromatic N) is 2. The standard InChI is InChI=1S/C35H39N3O5S/c1-5-23-36-35(40)28(4)37(24-29-15-11-26(2)12-16-29)34(39)25-38(44(41,42)33-21-13-27(3)14-22-33)30-17-19-32(20-18-30)43-31-9-7-6-8-10-31/h6-22,28H,5,23-25H2,1-4H3,(H,36,40)/t28-/m0/s1. The van der Waals surface area contributed by atoms with Gasteiger partial charge in [0.15, 0.2) is 0 Å². The quantitative estimate of drug-likeness (QED) is 0.193. The number of carbonyl (C=O) groups excluding carboxylic acids is 2. The number of anilines is 1. The predicted octanol–water partition coefficient (Wildman–Crippen LogP) is 6.23. The number of carbonyl (C=O) groups is 2. The Morgan fingerprint density at radius 2 is 1.36 bits per heavy atom. The van der Waals surface area contributed by atoms with E-state index < -0.39 is 28.5 Å². The second kappa shape index (κ2) is 14.7. The van der Waals surface area contributed by atoms with Crippen molar-refractivity contribution in [2.24, 2.45) is 0 Å². The first-order chi connectivity index (χ1) is 21.1. The third-order valence-electron chi connectivity index (χ3n) is 7.18. The van der Waals surface area contributed by atoms with Crippen LogP contribution in [0, 0.1) is 13.8 Å². The summed E-state index contributed by atoms with van der Waals surface area (Å²) in [7, 11) is -4.17. The zero-order valence-electron chi connectivity index (χ0n) is 25.6. The number of hydrogen-bond donors (Lipinski definition) is 1. The van der Waals surface area contributed by atoms with E-state index in [4.69, 9.17) is 4.74 Å². The lowest BCUT2D eigenvalue weighted by Gasteiger charge is -2.32. The van der Waals surface area contributed by atoms with E-state index in [0.717, 1.165) is 27.4 Å². The molecule has 0 aromatic heterocycles. The molecule has 2 amide bonds. The van der Waals surface area contributed by atoms with Crippen LogP contribution < -0.4 is 14.4 Å². The van der Waals surface area contributed by atoms with Crippen LogP contribution in [0.4, 0.5) is 5.69 Å². The van der Waals surface area contributed by atoms with E-state index in [1.165, 1.54) is 17.0 Å². The molecule has 0 saturated heterocycles. The lowest BCUT2D eigenvalue weighted by molar-refractivity contribution is -0.139. The first-order valence-electron chi connectivity index (χ1n) is 14.6. The molecule has 0 radical (unpaired) electrons. The molecule has 4 aromatic rings. The minimum absolute atomic E-state index is 0.0549. The Bertz CT molecular complexity index is 1640. The molecule has 0 heterocycles. The van der Waals surface area contributed by atoms with Gasteiger partial charge in [0.1, 0.15) is 24.1 Å². The molecule has 0 aliphatic carbocycles. The number of benzene rings is 4. The second-order valence-corrected chi connectivity index (χ2v) is 12.6. The molecule has 4 aromatic carbocycles. The smallest absolute Gasteiger partial charge is 0.264 e. The number of amides is 2. The van der Waals surface area contributed by atoms with Gasteiger partial charge in [0, 0.05) is 13.1 Å². The summed E-state index contributed by atoms with van der Waals surface area (Å²) in [5, 5.41) is 2.86. The first-order valence-corrected chi connectivity index (χ1v) is 16.1. The van der Waals surface area contributed by atoms with Gasteiger partial charge >= 0.3 is 0 Å². The summed E-state index contributed by atoms with van der Waals surface area (Å²) >= 11 is 0. The molecule has 0 unspecified atom stereocenters. The van der Waals surface area contributed by atoms with Crippen LogP contribution in [-0.2, 0) is 26.2 Å². The lowest BCUT2D eigenvalue weighted by Crippen LogP contribution is -2.51. The number of hydrogen-bond acceptors (Lipinski definition) is 5. The molecule has 0 aliphatic rings. The van der Waals surface area contributed by atoms with Crippen molar-refractivity contribution in [3.05, 3.63) is 120 Å². The highest BCUT2D eigenvalue weighted by Gasteiger charge is 2.32. The van der Waals surface area contributed by atoms with Crippen LogP contribution in [0.15, 0.2) is 108 Å². The highest BCUT2D eigenvalue weighted by atomic mass is 32.2. The van der Waals surface area contributed by atoms with Gasteiger partial charge in [-0.3, -0.25) is 13.9 Å². The van der Waals surface area contributed by atoms with Gasteiger partial charge in [-0.2, -0.15) is 0 Å². The summed E-state index contributed by atoms with van der Waals surface area (Å²) in [6.45, 7) is 7.56. The Kier molecular flexibility index (Phi) is 10.8. The van der Waals surface area contributed by atoms with Crippen molar-refractivity contribution in [2.75, 3.05) is 17.4 Å². The normalized spacial score (nSPS) is 11.8. The van der Waals surface area contributed by atoms with Crippen molar-refractivity contribution in [3.63, 3.8) is 0 Å². The molecule has 0 fully saturated rings. The second-order valence-electron chi connectivity index (χ2n) is 10.7. The zero-order valence-corrected chi connectivity index (χ0v) is 26.4. The Labute approximate surface area is 260 Å². The minimum atomic E-state index is -4.17. The maximum atomic E-state index is 14.1. The van der Waals surface area contributed by atoms with Crippen molar-refractivity contribution < 1.29 is 22.7 Å². The third-order valence-corrected chi connectivity index (χ3v) is 8.97. The van der Waals surface area contributed by atoms with Gasteiger partial charge in [0.25, 0.3) is 10.0 Å². The molecule has 9 heteroatoms. The average molecular weight is 614 g/mol. The molecule has 0 aliphatic heterocycles. The summed E-state index contributed by atoms with van der Waals surface area (Å²) < 4.78 is 35.1. The number of para-hydroxylation sites is 1. The fourth-order valence-electron chi connectivity index (χ4n) is 4.54. The Hall–Kier alpha value is -4.63. The Balaban J connectivity index is 1.69. The number of ether oxygens (including phenoxy) is 1. The van der Waals surface area contributed by atoms with Crippen molar-refractivity contribution in [1.82, 2.24) is 10.2 Å². The largest absolute Gasteiger partial charge is 0.457 e. The van der Waals surface area contributed by atoms with Gasteiger partial charge in [-0.05, 0) is 81.3 Å². The minimum Gasteiger partial charge on any atom is -0.457 e. The lowest BCUT2D eigenvalue weighted by atomic mass is 10.1. The highest BCUT2D eigenvalue weighted by molar-refractivity contribution is 7.92. The zero-order chi connectivity index (χ0) is 31.7. The molecule has 44 heavy (non-hydrogen) atoms. The Morgan fingerprint density at radius 1 is 0.795 bits per heavy atom. The molecule has 4 rings (SSSR count). The van der Waals surface area contributed by atoms with Gasteiger partial charge < -0.3 is 15.0 Å². The van der Waals surface area contributed by atoms with Crippen molar-refractivity contribution in [3.8, 4) is 11.5 Å². The van der Waals surface area contributed by atoms with E-state index >= 15 is 0 Å². The van der Waals surface area contributed by atoms with E-state index in [-0.39, 0.29) is 23.0 Å². The number of nitrogens with one attached hydrogen (secondary N) is 1. The first kappa shape index (κ1) is 32.3. The number of rotatable bonds is 13. The highest BCUT2D eigenvalue weighted by Crippen LogP contribution is 2.29. The van der Waals surface area contributed by atoms with Crippen LogP contribution in [0.25, 0.3) is 0 Å². The van der Waals surface area contributed by atoms with Crippen molar-refractivity contribution in [2.45, 2.75) is 51.6 Å². The average Bonchev–Trinajstić information content (AvgIpc) is 3.03. The fraction of sp³-hybridized carbons (Fsp3) is 0.257. The van der Waals surface area contributed by atoms with Gasteiger partial charge in [-0.25, -0.2) is 8.42 Å². The molecule has 8 nitrogen and oxygen atoms in total. The van der Waals surface area contributed by atoms with Crippen LogP contribution in [0.1, 0.15) is 37.0 Å². The van der Waals surface area contributed by atoms with Crippen LogP contribution >= 0.6 is 0 Å². The molecular weight excluding hydrogens is 574 g/mol. The maximum absolute atomic E-state index is 14.1. The number of aryl methyl sites for hydroxylation is 2. The van der Waals surface area contributed by atoms with Gasteiger partial charge in [-0.1, -0.05) is 72.6 Å². The SMILES string of the molecule is CCCNC(=O)[C@H](C)N(Cc1ccc(C)cc1)C(=O)CN(c1ccc(Oc2ccccc2)cc1)S(=O)(=O)c1ccc(C)cc1. The molecule has 0 bridgehead atoms. The molecule has 0 saturated carbocycles. The van der Waals surface area contributed by atoms with Crippen LogP contribution in [0.5, 0.6) is 11.5 Å². The van der Waals surface area contributed by atoms with Crippen molar-refractivity contribution >= 4 is 27.5 Å². The van der Waals surface area contributed by atoms with Crippen LogP contribution in [0.2, 0.25) is 0 Å². The van der Waals surface area contributed by atoms with Gasteiger partial charge in [0.2, 0.25) is 11.8 Å². The summed E-state index contributed by atoms with van der Waals surface area (Å²) in [6.07, 6.45) is 0.747. The van der Waals surface area contributed by atoms with E-state index in [9.17, 15) is 18.0 Å². The van der Waals surface area contributed by atoms with Crippen molar-refractivity contribution in [1.29, 1.82) is 0 Å². The Morgan fingerprint density at radius 3 is 1.95 bits per heavy atom. The maximum Gasteiger partial charge on any atom is 0.264 e. The fourth-order valence-corrected chi connectivity index (χ4v) is 5.95. The molecular formula is C35H39N3O5S. The summed E-state index contributed by atoms with van der Waals surface area (Å²) in [5.41, 5.74) is 3.09. The number of sulfonamides is 1. The van der Waals surface area contributed by atoms with Gasteiger partial charge in [0.05, 0.1) is 10.6 Å². The molecule has 230 valence electrons. The van der Waals surface area contributed by atoms with E-state index in [2.05, 4.69) is 5.32 Å².